The molecular formula is C32H20N2. The molecule has 2 nitrogen and oxygen atoms in total. The lowest BCUT2D eigenvalue weighted by molar-refractivity contribution is 1.28. The minimum absolute atomic E-state index is 0.936. The zero-order valence-corrected chi connectivity index (χ0v) is 18.4. The summed E-state index contributed by atoms with van der Waals surface area (Å²) in [7, 11) is 0. The van der Waals surface area contributed by atoms with E-state index in [1.165, 1.54) is 43.1 Å². The van der Waals surface area contributed by atoms with Crippen molar-refractivity contribution in [3.8, 4) is 22.5 Å². The van der Waals surface area contributed by atoms with Crippen LogP contribution in [0.2, 0.25) is 0 Å². The van der Waals surface area contributed by atoms with Gasteiger partial charge in [0.05, 0.1) is 11.4 Å². The zero-order chi connectivity index (χ0) is 22.5. The van der Waals surface area contributed by atoms with Crippen LogP contribution in [0.5, 0.6) is 0 Å². The Morgan fingerprint density at radius 2 is 1.00 bits per heavy atom. The second-order valence-electron chi connectivity index (χ2n) is 8.69. The van der Waals surface area contributed by atoms with Gasteiger partial charge in [0, 0.05) is 23.5 Å². The highest BCUT2D eigenvalue weighted by molar-refractivity contribution is 6.22. The van der Waals surface area contributed by atoms with Crippen molar-refractivity contribution >= 4 is 43.1 Å². The van der Waals surface area contributed by atoms with Gasteiger partial charge in [-0.05, 0) is 73.4 Å². The van der Waals surface area contributed by atoms with E-state index in [9.17, 15) is 0 Å². The summed E-state index contributed by atoms with van der Waals surface area (Å²) in [5.74, 6) is 0. The Hall–Kier alpha value is -4.56. The van der Waals surface area contributed by atoms with Crippen molar-refractivity contribution in [2.45, 2.75) is 0 Å². The van der Waals surface area contributed by atoms with Gasteiger partial charge >= 0.3 is 0 Å². The van der Waals surface area contributed by atoms with E-state index in [-0.39, 0.29) is 0 Å². The fourth-order valence-electron chi connectivity index (χ4n) is 5.04. The topological polar surface area (TPSA) is 25.8 Å². The number of aromatic nitrogens is 2. The Bertz CT molecular complexity index is 1840. The molecule has 0 bridgehead atoms. The number of benzene rings is 5. The van der Waals surface area contributed by atoms with Crippen molar-refractivity contribution in [2.75, 3.05) is 0 Å². The Morgan fingerprint density at radius 1 is 0.382 bits per heavy atom. The van der Waals surface area contributed by atoms with Crippen LogP contribution in [-0.4, -0.2) is 9.97 Å². The highest BCUT2D eigenvalue weighted by Crippen LogP contribution is 2.36. The van der Waals surface area contributed by atoms with Gasteiger partial charge in [0.15, 0.2) is 0 Å². The van der Waals surface area contributed by atoms with Gasteiger partial charge in [-0.3, -0.25) is 9.97 Å². The van der Waals surface area contributed by atoms with Gasteiger partial charge in [0.1, 0.15) is 0 Å². The Morgan fingerprint density at radius 3 is 1.76 bits per heavy atom. The summed E-state index contributed by atoms with van der Waals surface area (Å²) in [6.45, 7) is 0. The fourth-order valence-corrected chi connectivity index (χ4v) is 5.04. The van der Waals surface area contributed by atoms with Crippen molar-refractivity contribution < 1.29 is 0 Å². The second-order valence-corrected chi connectivity index (χ2v) is 8.69. The minimum atomic E-state index is 0.936. The lowest BCUT2D eigenvalue weighted by Crippen LogP contribution is -1.88. The zero-order valence-electron chi connectivity index (χ0n) is 18.4. The third-order valence-electron chi connectivity index (χ3n) is 6.76. The molecule has 0 saturated carbocycles. The average molecular weight is 433 g/mol. The van der Waals surface area contributed by atoms with Crippen molar-refractivity contribution in [3.63, 3.8) is 0 Å². The maximum Gasteiger partial charge on any atom is 0.0717 e. The lowest BCUT2D eigenvalue weighted by Gasteiger charge is -2.11. The van der Waals surface area contributed by atoms with Gasteiger partial charge in [-0.15, -0.1) is 0 Å². The minimum Gasteiger partial charge on any atom is -0.256 e. The molecule has 158 valence electrons. The normalized spacial score (nSPS) is 11.5. The number of nitrogens with zero attached hydrogens (tertiary/aromatic N) is 2. The molecule has 2 heteroatoms. The van der Waals surface area contributed by atoms with Crippen molar-refractivity contribution in [3.05, 3.63) is 122 Å². The van der Waals surface area contributed by atoms with Crippen LogP contribution in [0.15, 0.2) is 122 Å². The third kappa shape index (κ3) is 2.96. The van der Waals surface area contributed by atoms with E-state index in [1.807, 2.05) is 30.6 Å². The van der Waals surface area contributed by atoms with Crippen LogP contribution < -0.4 is 0 Å². The lowest BCUT2D eigenvalue weighted by atomic mass is 9.93. The molecule has 34 heavy (non-hydrogen) atoms. The molecule has 5 aromatic carbocycles. The van der Waals surface area contributed by atoms with Crippen LogP contribution in [0, 0.1) is 0 Å². The van der Waals surface area contributed by atoms with E-state index >= 15 is 0 Å². The molecule has 7 aromatic rings. The molecule has 0 amide bonds. The van der Waals surface area contributed by atoms with Crippen LogP contribution in [0.3, 0.4) is 0 Å². The SMILES string of the molecule is c1ccc(-c2ccc(-c3ccc4ccc5c(ccc6c7ccccc7ccc65)c4c3)nc2)nc1. The second kappa shape index (κ2) is 7.50. The first-order valence-corrected chi connectivity index (χ1v) is 11.5. The maximum atomic E-state index is 4.76. The molecule has 0 N–H and O–H groups in total. The van der Waals surface area contributed by atoms with Gasteiger partial charge in [0.2, 0.25) is 0 Å². The number of hydrogen-bond donors (Lipinski definition) is 0. The molecule has 2 heterocycles. The first kappa shape index (κ1) is 19.0. The first-order chi connectivity index (χ1) is 16.8. The summed E-state index contributed by atoms with van der Waals surface area (Å²) in [5, 5.41) is 10.2. The molecule has 0 saturated heterocycles. The highest BCUT2D eigenvalue weighted by atomic mass is 14.7. The van der Waals surface area contributed by atoms with Crippen molar-refractivity contribution in [1.29, 1.82) is 0 Å². The molecular weight excluding hydrogens is 412 g/mol. The van der Waals surface area contributed by atoms with E-state index < -0.39 is 0 Å². The van der Waals surface area contributed by atoms with Gasteiger partial charge in [-0.1, -0.05) is 78.9 Å². The maximum absolute atomic E-state index is 4.76. The van der Waals surface area contributed by atoms with Gasteiger partial charge in [-0.2, -0.15) is 0 Å². The highest BCUT2D eigenvalue weighted by Gasteiger charge is 2.09. The number of hydrogen-bond acceptors (Lipinski definition) is 2. The van der Waals surface area contributed by atoms with E-state index in [1.54, 1.807) is 0 Å². The van der Waals surface area contributed by atoms with Crippen molar-refractivity contribution in [1.82, 2.24) is 9.97 Å². The van der Waals surface area contributed by atoms with Gasteiger partial charge in [0.25, 0.3) is 0 Å². The molecule has 0 aliphatic heterocycles. The largest absolute Gasteiger partial charge is 0.256 e. The third-order valence-corrected chi connectivity index (χ3v) is 6.76. The fraction of sp³-hybridized carbons (Fsp3) is 0. The summed E-state index contributed by atoms with van der Waals surface area (Å²) in [6, 6.07) is 38.9. The molecule has 2 aromatic heterocycles. The van der Waals surface area contributed by atoms with Crippen LogP contribution in [0.25, 0.3) is 65.6 Å². The summed E-state index contributed by atoms with van der Waals surface area (Å²) in [6.07, 6.45) is 3.72. The Balaban J connectivity index is 1.40. The molecule has 0 radical (unpaired) electrons. The quantitative estimate of drug-likeness (QED) is 0.256. The predicted molar refractivity (Wildman–Crippen MR) is 143 cm³/mol. The predicted octanol–water partition coefficient (Wildman–Crippen LogP) is 8.42. The molecule has 0 atom stereocenters. The summed E-state index contributed by atoms with van der Waals surface area (Å²) in [4.78, 5) is 9.19. The Kier molecular flexibility index (Phi) is 4.18. The number of rotatable bonds is 2. The van der Waals surface area contributed by atoms with Gasteiger partial charge in [-0.25, -0.2) is 0 Å². The monoisotopic (exact) mass is 432 g/mol. The smallest absolute Gasteiger partial charge is 0.0717 e. The summed E-state index contributed by atoms with van der Waals surface area (Å²) in [5.41, 5.74) is 4.04. The van der Waals surface area contributed by atoms with Gasteiger partial charge < -0.3 is 0 Å². The van der Waals surface area contributed by atoms with Crippen LogP contribution in [0.4, 0.5) is 0 Å². The molecule has 0 fully saturated rings. The standard InChI is InChI=1S/C32H20N2/c1-2-6-25-21(5-1)10-13-27-26(25)15-16-29-28(27)14-11-22-8-9-23(19-30(22)29)32-17-12-24(20-34-32)31-7-3-4-18-33-31/h1-20H. The van der Waals surface area contributed by atoms with E-state index in [0.29, 0.717) is 0 Å². The summed E-state index contributed by atoms with van der Waals surface area (Å²) >= 11 is 0. The average Bonchev–Trinajstić information content (AvgIpc) is 2.92. The molecule has 0 unspecified atom stereocenters. The molecule has 0 aliphatic rings. The van der Waals surface area contributed by atoms with E-state index in [2.05, 4.69) is 96.0 Å². The van der Waals surface area contributed by atoms with Crippen LogP contribution in [-0.2, 0) is 0 Å². The van der Waals surface area contributed by atoms with Crippen LogP contribution in [0.1, 0.15) is 0 Å². The Labute approximate surface area is 197 Å². The van der Waals surface area contributed by atoms with Crippen molar-refractivity contribution in [2.24, 2.45) is 0 Å². The number of fused-ring (bicyclic) bond motifs is 7. The number of pyridine rings is 2. The van der Waals surface area contributed by atoms with E-state index in [0.717, 1.165) is 22.5 Å². The molecule has 7 rings (SSSR count). The molecule has 0 spiro atoms. The van der Waals surface area contributed by atoms with Crippen LogP contribution >= 0.6 is 0 Å². The molecule has 0 aliphatic carbocycles. The first-order valence-electron chi connectivity index (χ1n) is 11.5. The summed E-state index contributed by atoms with van der Waals surface area (Å²) < 4.78 is 0. The van der Waals surface area contributed by atoms with E-state index in [4.69, 9.17) is 4.98 Å².